The average Bonchev–Trinajstić information content (AvgIpc) is 3.00. The first-order chi connectivity index (χ1) is 22.1. The summed E-state index contributed by atoms with van der Waals surface area (Å²) < 4.78 is 35.5. The predicted octanol–water partition coefficient (Wildman–Crippen LogP) is 4.35. The minimum atomic E-state index is -3.61. The number of allylic oxidation sites excluding steroid dienone is 1. The smallest absolute Gasteiger partial charge is 0.320 e. The van der Waals surface area contributed by atoms with Crippen molar-refractivity contribution in [2.24, 2.45) is 5.41 Å². The van der Waals surface area contributed by atoms with Crippen LogP contribution in [0.25, 0.3) is 0 Å². The first-order valence-corrected chi connectivity index (χ1v) is 17.8. The van der Waals surface area contributed by atoms with Crippen LogP contribution in [0.1, 0.15) is 83.1 Å². The molecule has 3 atom stereocenters. The summed E-state index contributed by atoms with van der Waals surface area (Å²) in [5.74, 6) is 1.08. The molecule has 2 amide bonds. The largest absolute Gasteiger partial charge is 0.484 e. The lowest BCUT2D eigenvalue weighted by Crippen LogP contribution is -2.47. The van der Waals surface area contributed by atoms with Gasteiger partial charge in [0.25, 0.3) is 10.1 Å². The average molecular weight is 669 g/mol. The molecule has 1 fully saturated rings. The lowest BCUT2D eigenvalue weighted by atomic mass is 9.85. The van der Waals surface area contributed by atoms with Crippen molar-refractivity contribution in [2.75, 3.05) is 26.0 Å². The van der Waals surface area contributed by atoms with Crippen LogP contribution >= 0.6 is 0 Å². The number of nitrogens with one attached hydrogen (secondary N) is 6. The van der Waals surface area contributed by atoms with Crippen LogP contribution in [0.3, 0.4) is 0 Å². The fraction of sp³-hybridized carbons (Fsp3) is 0.515. The predicted molar refractivity (Wildman–Crippen MR) is 181 cm³/mol. The standard InChI is InChI=1S/C33H48N8O5S/c1-22-10-8-9-18-40(22)31(36)41-21-23(13-16-29(41)35)46-27-15-14-26(24-11-6-7-12-25(24)27)38-32(42)39-30(20-28(34)33(2,3)4)37-17-19-45-47(5,43)44/h6-7,11-13,16,20-22,26-27,34-37H,8-10,14-15,17-19H2,1-5H3,(H2,38,39,42)/b30-20+,34-28?,35-29?,36-31?/t22-,26-,27+/m0/s1. The van der Waals surface area contributed by atoms with Crippen LogP contribution in [-0.2, 0) is 14.3 Å². The molecule has 2 heterocycles. The second kappa shape index (κ2) is 15.2. The van der Waals surface area contributed by atoms with Gasteiger partial charge in [-0.2, -0.15) is 8.42 Å². The number of hydrogen-bond donors (Lipinski definition) is 6. The number of nitrogens with zero attached hydrogens (tertiary/aromatic N) is 2. The zero-order valence-corrected chi connectivity index (χ0v) is 28.7. The minimum Gasteiger partial charge on any atom is -0.484 e. The zero-order valence-electron chi connectivity index (χ0n) is 27.9. The summed E-state index contributed by atoms with van der Waals surface area (Å²) in [5, 5.41) is 34.5. The monoisotopic (exact) mass is 668 g/mol. The molecule has 14 heteroatoms. The molecule has 13 nitrogen and oxygen atoms in total. The number of aromatic nitrogens is 1. The number of ether oxygens (including phenoxy) is 1. The maximum absolute atomic E-state index is 13.2. The Morgan fingerprint density at radius 1 is 1.06 bits per heavy atom. The van der Waals surface area contributed by atoms with Gasteiger partial charge in [0.2, 0.25) is 5.96 Å². The summed E-state index contributed by atoms with van der Waals surface area (Å²) in [5.41, 5.74) is 1.86. The minimum absolute atomic E-state index is 0.0968. The summed E-state index contributed by atoms with van der Waals surface area (Å²) >= 11 is 0. The Labute approximate surface area is 277 Å². The Balaban J connectivity index is 1.46. The number of carbonyl (C=O) groups excluding carboxylic acids is 1. The number of carbonyl (C=O) groups is 1. The number of hydrogen-bond acceptors (Lipinski definition) is 9. The third-order valence-corrected chi connectivity index (χ3v) is 8.90. The maximum atomic E-state index is 13.2. The van der Waals surface area contributed by atoms with Gasteiger partial charge in [0, 0.05) is 30.3 Å². The van der Waals surface area contributed by atoms with E-state index < -0.39 is 21.6 Å². The van der Waals surface area contributed by atoms with E-state index in [9.17, 15) is 13.2 Å². The summed E-state index contributed by atoms with van der Waals surface area (Å²) in [7, 11) is -3.61. The van der Waals surface area contributed by atoms with Crippen molar-refractivity contribution in [1.29, 1.82) is 16.2 Å². The van der Waals surface area contributed by atoms with Gasteiger partial charge >= 0.3 is 6.03 Å². The highest BCUT2D eigenvalue weighted by molar-refractivity contribution is 7.85. The lowest BCUT2D eigenvalue weighted by Gasteiger charge is -2.36. The van der Waals surface area contributed by atoms with Crippen molar-refractivity contribution in [3.05, 3.63) is 71.1 Å². The SMILES string of the molecule is C[C@H]1CCCCN1C(=N)n1cc(O[C@@H]2CC[C@H](NC(=O)N/C(=C/C(=N)C(C)(C)C)NCCOS(C)(=O)=O)c3ccccc32)ccc1=N. The molecule has 1 aromatic carbocycles. The fourth-order valence-electron chi connectivity index (χ4n) is 5.65. The molecule has 256 valence electrons. The first kappa shape index (κ1) is 35.7. The van der Waals surface area contributed by atoms with E-state index in [2.05, 4.69) is 22.9 Å². The Morgan fingerprint density at radius 2 is 1.79 bits per heavy atom. The van der Waals surface area contributed by atoms with E-state index in [-0.39, 0.29) is 54.3 Å². The molecule has 0 spiro atoms. The van der Waals surface area contributed by atoms with Crippen molar-refractivity contribution >= 4 is 27.8 Å². The van der Waals surface area contributed by atoms with E-state index in [1.54, 1.807) is 22.9 Å². The molecule has 0 bridgehead atoms. The van der Waals surface area contributed by atoms with E-state index >= 15 is 0 Å². The van der Waals surface area contributed by atoms with Crippen molar-refractivity contribution in [3.8, 4) is 5.75 Å². The second-order valence-corrected chi connectivity index (χ2v) is 14.8. The highest BCUT2D eigenvalue weighted by Crippen LogP contribution is 2.38. The van der Waals surface area contributed by atoms with Crippen LogP contribution in [0.2, 0.25) is 0 Å². The van der Waals surface area contributed by atoms with Gasteiger partial charge in [-0.25, -0.2) is 4.79 Å². The van der Waals surface area contributed by atoms with Crippen LogP contribution in [0, 0.1) is 21.6 Å². The molecule has 1 aliphatic heterocycles. The second-order valence-electron chi connectivity index (χ2n) is 13.1. The molecule has 1 saturated heterocycles. The first-order valence-electron chi connectivity index (χ1n) is 16.0. The number of pyridine rings is 1. The van der Waals surface area contributed by atoms with Gasteiger partial charge in [0.15, 0.2) is 0 Å². The molecule has 1 aromatic heterocycles. The number of rotatable bonds is 10. The summed E-state index contributed by atoms with van der Waals surface area (Å²) in [6.45, 7) is 8.51. The van der Waals surface area contributed by atoms with Gasteiger partial charge in [-0.05, 0) is 68.4 Å². The van der Waals surface area contributed by atoms with E-state index in [0.717, 1.165) is 43.2 Å². The molecule has 0 radical (unpaired) electrons. The van der Waals surface area contributed by atoms with Crippen LogP contribution in [0.15, 0.2) is 54.5 Å². The van der Waals surface area contributed by atoms with Gasteiger partial charge in [-0.15, -0.1) is 0 Å². The maximum Gasteiger partial charge on any atom is 0.320 e. The number of piperidine rings is 1. The topological polar surface area (TPSA) is 185 Å². The van der Waals surface area contributed by atoms with Crippen molar-refractivity contribution < 1.29 is 22.1 Å². The Hall–Kier alpha value is -4.17. The summed E-state index contributed by atoms with van der Waals surface area (Å²) in [6.07, 6.45) is 8.30. The normalized spacial score (nSPS) is 20.1. The van der Waals surface area contributed by atoms with Crippen molar-refractivity contribution in [2.45, 2.75) is 78.0 Å². The number of urea groups is 1. The lowest BCUT2D eigenvalue weighted by molar-refractivity contribution is 0.170. The van der Waals surface area contributed by atoms with E-state index in [1.165, 1.54) is 6.08 Å². The Morgan fingerprint density at radius 3 is 2.47 bits per heavy atom. The van der Waals surface area contributed by atoms with Gasteiger partial charge in [0.05, 0.1) is 25.1 Å². The quantitative estimate of drug-likeness (QED) is 0.0940. The van der Waals surface area contributed by atoms with Crippen LogP contribution in [0.5, 0.6) is 5.75 Å². The van der Waals surface area contributed by atoms with Gasteiger partial charge in [-0.1, -0.05) is 45.0 Å². The molecular formula is C33H48N8O5S. The van der Waals surface area contributed by atoms with Gasteiger partial charge in [-0.3, -0.25) is 24.9 Å². The van der Waals surface area contributed by atoms with E-state index in [4.69, 9.17) is 25.1 Å². The van der Waals surface area contributed by atoms with Gasteiger partial charge < -0.3 is 25.7 Å². The third-order valence-electron chi connectivity index (χ3n) is 8.30. The summed E-state index contributed by atoms with van der Waals surface area (Å²) in [4.78, 5) is 15.3. The molecule has 4 rings (SSSR count). The molecule has 6 N–H and O–H groups in total. The number of likely N-dealkylation sites (tertiary alicyclic amines) is 1. The number of amides is 2. The highest BCUT2D eigenvalue weighted by Gasteiger charge is 2.30. The van der Waals surface area contributed by atoms with Crippen LogP contribution in [-0.4, -0.2) is 67.6 Å². The summed E-state index contributed by atoms with van der Waals surface area (Å²) in [6, 6.07) is 10.6. The number of fused-ring (bicyclic) bond motifs is 1. The third kappa shape index (κ3) is 9.91. The van der Waals surface area contributed by atoms with Crippen LogP contribution in [0.4, 0.5) is 4.79 Å². The fourth-order valence-corrected chi connectivity index (χ4v) is 6.04. The highest BCUT2D eigenvalue weighted by atomic mass is 32.2. The molecule has 0 unspecified atom stereocenters. The van der Waals surface area contributed by atoms with E-state index in [0.29, 0.717) is 18.6 Å². The molecule has 0 saturated carbocycles. The molecule has 2 aromatic rings. The number of benzene rings is 1. The van der Waals surface area contributed by atoms with Crippen LogP contribution < -0.4 is 26.2 Å². The molecule has 1 aliphatic carbocycles. The van der Waals surface area contributed by atoms with Crippen molar-refractivity contribution in [1.82, 2.24) is 25.4 Å². The Kier molecular flexibility index (Phi) is 11.5. The molecular weight excluding hydrogens is 620 g/mol. The zero-order chi connectivity index (χ0) is 34.4. The Bertz CT molecular complexity index is 1660. The molecule has 2 aliphatic rings. The van der Waals surface area contributed by atoms with Crippen molar-refractivity contribution in [3.63, 3.8) is 0 Å². The van der Waals surface area contributed by atoms with Gasteiger partial charge in [0.1, 0.15) is 23.2 Å². The van der Waals surface area contributed by atoms with E-state index in [1.807, 2.05) is 49.9 Å². The molecule has 47 heavy (non-hydrogen) atoms.